The van der Waals surface area contributed by atoms with Crippen molar-refractivity contribution in [1.29, 1.82) is 0 Å². The smallest absolute Gasteiger partial charge is 0.338 e. The number of aromatic carboxylic acids is 1. The molecule has 0 bridgehead atoms. The Morgan fingerprint density at radius 3 is 1.88 bits per heavy atom. The van der Waals surface area contributed by atoms with Gasteiger partial charge in [-0.25, -0.2) is 18.4 Å². The van der Waals surface area contributed by atoms with Crippen LogP contribution in [-0.4, -0.2) is 23.7 Å². The number of ether oxygens (including phenoxy) is 1. The van der Waals surface area contributed by atoms with E-state index in [4.69, 9.17) is 9.84 Å². The normalized spacial score (nSPS) is 9.71. The van der Waals surface area contributed by atoms with Crippen LogP contribution in [0.3, 0.4) is 0 Å². The number of esters is 1. The van der Waals surface area contributed by atoms with Gasteiger partial charge >= 0.3 is 11.9 Å². The maximum atomic E-state index is 13.0. The van der Waals surface area contributed by atoms with Gasteiger partial charge in [-0.2, -0.15) is 0 Å². The molecule has 0 aromatic heterocycles. The number of rotatable bonds is 3. The molecule has 0 saturated carbocycles. The van der Waals surface area contributed by atoms with Gasteiger partial charge in [0, 0.05) is 7.14 Å². The van der Waals surface area contributed by atoms with E-state index in [-0.39, 0.29) is 11.1 Å². The number of carboxylic acids is 1. The number of hydrogen-bond donors (Lipinski definition) is 1. The Morgan fingerprint density at radius 1 is 1.00 bits per heavy atom. The summed E-state index contributed by atoms with van der Waals surface area (Å²) < 4.78 is 31.3. The van der Waals surface area contributed by atoms with Gasteiger partial charge in [-0.1, -0.05) is 0 Å². The standard InChI is InChI=1S/C9H8FIO2.C7H4FIO2/c1-2-13-9(12)6-3-4-8(11)7(10)5-6;8-5-3-4(7(10)11)1-2-6(5)9/h3-5H,2H2,1H3;1-3H,(H,10,11). The van der Waals surface area contributed by atoms with Crippen LogP contribution < -0.4 is 0 Å². The molecule has 0 amide bonds. The predicted molar refractivity (Wildman–Crippen MR) is 101 cm³/mol. The topological polar surface area (TPSA) is 63.6 Å². The maximum Gasteiger partial charge on any atom is 0.338 e. The van der Waals surface area contributed by atoms with Gasteiger partial charge in [-0.15, -0.1) is 0 Å². The fraction of sp³-hybridized carbons (Fsp3) is 0.125. The molecular weight excluding hydrogens is 548 g/mol. The van der Waals surface area contributed by atoms with Crippen LogP contribution in [-0.2, 0) is 4.74 Å². The Kier molecular flexibility index (Phi) is 8.53. The molecule has 0 aliphatic carbocycles. The Balaban J connectivity index is 0.000000243. The zero-order chi connectivity index (χ0) is 18.3. The molecule has 2 rings (SSSR count). The summed E-state index contributed by atoms with van der Waals surface area (Å²) in [5, 5.41) is 8.43. The first-order valence-corrected chi connectivity index (χ1v) is 8.72. The highest BCUT2D eigenvalue weighted by molar-refractivity contribution is 14.1. The van der Waals surface area contributed by atoms with Gasteiger partial charge < -0.3 is 9.84 Å². The molecule has 0 spiro atoms. The van der Waals surface area contributed by atoms with E-state index in [0.29, 0.717) is 13.7 Å². The van der Waals surface area contributed by atoms with Crippen LogP contribution in [0.25, 0.3) is 0 Å². The molecule has 0 heterocycles. The van der Waals surface area contributed by atoms with Gasteiger partial charge in [0.15, 0.2) is 0 Å². The number of carbonyl (C=O) groups is 2. The summed E-state index contributed by atoms with van der Waals surface area (Å²) in [7, 11) is 0. The molecule has 2 aromatic rings. The molecule has 128 valence electrons. The molecule has 0 atom stereocenters. The zero-order valence-electron chi connectivity index (χ0n) is 12.4. The molecule has 0 saturated heterocycles. The fourth-order valence-corrected chi connectivity index (χ4v) is 2.14. The molecule has 4 nitrogen and oxygen atoms in total. The summed E-state index contributed by atoms with van der Waals surface area (Å²) in [4.78, 5) is 21.4. The average molecular weight is 560 g/mol. The van der Waals surface area contributed by atoms with E-state index in [9.17, 15) is 18.4 Å². The second kappa shape index (κ2) is 9.87. The minimum Gasteiger partial charge on any atom is -0.478 e. The number of benzene rings is 2. The summed E-state index contributed by atoms with van der Waals surface area (Å²) in [5.74, 6) is -2.49. The first kappa shape index (κ1) is 20.7. The van der Waals surface area contributed by atoms with Crippen molar-refractivity contribution in [3.8, 4) is 0 Å². The monoisotopic (exact) mass is 560 g/mol. The Hall–Kier alpha value is -1.30. The highest BCUT2D eigenvalue weighted by Crippen LogP contribution is 2.13. The third-order valence-corrected chi connectivity index (χ3v) is 4.35. The SMILES string of the molecule is CCOC(=O)c1ccc(I)c(F)c1.O=C(O)c1ccc(I)c(F)c1. The van der Waals surface area contributed by atoms with Gasteiger partial charge in [-0.05, 0) is 88.5 Å². The van der Waals surface area contributed by atoms with Gasteiger partial charge in [0.1, 0.15) is 11.6 Å². The van der Waals surface area contributed by atoms with Crippen molar-refractivity contribution < 1.29 is 28.2 Å². The van der Waals surface area contributed by atoms with Crippen LogP contribution in [0.5, 0.6) is 0 Å². The van der Waals surface area contributed by atoms with Crippen molar-refractivity contribution in [2.75, 3.05) is 6.61 Å². The molecule has 1 N–H and O–H groups in total. The second-order valence-electron chi connectivity index (χ2n) is 4.28. The second-order valence-corrected chi connectivity index (χ2v) is 6.61. The number of hydrogen-bond acceptors (Lipinski definition) is 3. The summed E-state index contributed by atoms with van der Waals surface area (Å²) in [6.45, 7) is 2.01. The van der Waals surface area contributed by atoms with Crippen LogP contribution in [0.1, 0.15) is 27.6 Å². The minimum absolute atomic E-state index is 0.0251. The van der Waals surface area contributed by atoms with Gasteiger partial charge in [0.2, 0.25) is 0 Å². The van der Waals surface area contributed by atoms with Gasteiger partial charge in [0.25, 0.3) is 0 Å². The lowest BCUT2D eigenvalue weighted by Crippen LogP contribution is -2.05. The predicted octanol–water partition coefficient (Wildman–Crippen LogP) is 4.74. The zero-order valence-corrected chi connectivity index (χ0v) is 16.7. The van der Waals surface area contributed by atoms with Crippen molar-refractivity contribution in [2.24, 2.45) is 0 Å². The molecule has 0 unspecified atom stereocenters. The number of carboxylic acid groups (broad SMARTS) is 1. The van der Waals surface area contributed by atoms with E-state index in [1.54, 1.807) is 41.6 Å². The van der Waals surface area contributed by atoms with Crippen molar-refractivity contribution >= 4 is 57.1 Å². The molecule has 0 fully saturated rings. The summed E-state index contributed by atoms with van der Waals surface area (Å²) in [6, 6.07) is 8.07. The van der Waals surface area contributed by atoms with E-state index in [2.05, 4.69) is 0 Å². The Bertz CT molecular complexity index is 751. The van der Waals surface area contributed by atoms with E-state index in [1.807, 2.05) is 22.6 Å². The Labute approximate surface area is 164 Å². The summed E-state index contributed by atoms with van der Waals surface area (Å²) in [6.07, 6.45) is 0. The van der Waals surface area contributed by atoms with Crippen LogP contribution >= 0.6 is 45.2 Å². The fourth-order valence-electron chi connectivity index (χ4n) is 1.47. The van der Waals surface area contributed by atoms with Gasteiger partial charge in [-0.3, -0.25) is 0 Å². The summed E-state index contributed by atoms with van der Waals surface area (Å²) in [5.41, 5.74) is 0.225. The van der Waals surface area contributed by atoms with Crippen LogP contribution in [0.4, 0.5) is 8.78 Å². The molecule has 0 aliphatic heterocycles. The first-order chi connectivity index (χ1) is 11.3. The molecule has 2 aromatic carbocycles. The minimum atomic E-state index is -1.11. The average Bonchev–Trinajstić information content (AvgIpc) is 2.53. The lowest BCUT2D eigenvalue weighted by atomic mass is 10.2. The first-order valence-electron chi connectivity index (χ1n) is 6.56. The van der Waals surface area contributed by atoms with Gasteiger partial charge in [0.05, 0.1) is 17.7 Å². The van der Waals surface area contributed by atoms with Crippen molar-refractivity contribution in [3.05, 3.63) is 66.3 Å². The highest BCUT2D eigenvalue weighted by Gasteiger charge is 2.08. The quantitative estimate of drug-likeness (QED) is 0.436. The lowest BCUT2D eigenvalue weighted by molar-refractivity contribution is 0.0525. The van der Waals surface area contributed by atoms with Crippen LogP contribution in [0, 0.1) is 18.8 Å². The molecule has 24 heavy (non-hydrogen) atoms. The summed E-state index contributed by atoms with van der Waals surface area (Å²) >= 11 is 3.66. The lowest BCUT2D eigenvalue weighted by Gasteiger charge is -2.01. The van der Waals surface area contributed by atoms with Crippen molar-refractivity contribution in [3.63, 3.8) is 0 Å². The van der Waals surface area contributed by atoms with E-state index in [1.165, 1.54) is 18.2 Å². The highest BCUT2D eigenvalue weighted by atomic mass is 127. The molecule has 0 aliphatic rings. The molecule has 0 radical (unpaired) electrons. The van der Waals surface area contributed by atoms with Crippen molar-refractivity contribution in [2.45, 2.75) is 6.92 Å². The molecule has 8 heteroatoms. The van der Waals surface area contributed by atoms with E-state index < -0.39 is 23.6 Å². The molecular formula is C16H12F2I2O4. The van der Waals surface area contributed by atoms with E-state index in [0.717, 1.165) is 6.07 Å². The van der Waals surface area contributed by atoms with E-state index >= 15 is 0 Å². The maximum absolute atomic E-state index is 13.0. The van der Waals surface area contributed by atoms with Crippen LogP contribution in [0.2, 0.25) is 0 Å². The van der Waals surface area contributed by atoms with Crippen molar-refractivity contribution in [1.82, 2.24) is 0 Å². The largest absolute Gasteiger partial charge is 0.478 e. The number of carbonyl (C=O) groups excluding carboxylic acids is 1. The third kappa shape index (κ3) is 6.30. The van der Waals surface area contributed by atoms with Crippen LogP contribution in [0.15, 0.2) is 36.4 Å². The third-order valence-electron chi connectivity index (χ3n) is 2.60. The Morgan fingerprint density at radius 2 is 1.46 bits per heavy atom. The number of halogens is 4.